The highest BCUT2D eigenvalue weighted by Gasteiger charge is 2.29. The van der Waals surface area contributed by atoms with Gasteiger partial charge in [0.05, 0.1) is 18.7 Å². The van der Waals surface area contributed by atoms with Crippen molar-refractivity contribution in [1.82, 2.24) is 30.1 Å². The van der Waals surface area contributed by atoms with Gasteiger partial charge in [-0.2, -0.15) is 0 Å². The Balaban J connectivity index is 1.49. The molecular weight excluding hydrogens is 488 g/mol. The molecule has 0 aliphatic heterocycles. The van der Waals surface area contributed by atoms with Crippen LogP contribution in [-0.4, -0.2) is 43.2 Å². The van der Waals surface area contributed by atoms with Gasteiger partial charge in [-0.1, -0.05) is 56.0 Å². The third-order valence-corrected chi connectivity index (χ3v) is 7.91. The Morgan fingerprint density at radius 2 is 1.95 bits per heavy atom. The molecule has 39 heavy (non-hydrogen) atoms. The highest BCUT2D eigenvalue weighted by molar-refractivity contribution is 5.80. The minimum atomic E-state index is -0.0612. The molecule has 1 atom stereocenters. The molecule has 4 aromatic rings. The van der Waals surface area contributed by atoms with Crippen LogP contribution in [0.25, 0.3) is 10.9 Å². The second-order valence-electron chi connectivity index (χ2n) is 10.7. The predicted octanol–water partition coefficient (Wildman–Crippen LogP) is 5.92. The third kappa shape index (κ3) is 6.38. The van der Waals surface area contributed by atoms with Crippen molar-refractivity contribution in [3.8, 4) is 5.75 Å². The summed E-state index contributed by atoms with van der Waals surface area (Å²) in [5, 5.41) is 14.1. The van der Waals surface area contributed by atoms with Gasteiger partial charge in [-0.25, -0.2) is 4.68 Å². The van der Waals surface area contributed by atoms with Crippen LogP contribution in [0.3, 0.4) is 0 Å². The van der Waals surface area contributed by atoms with Gasteiger partial charge in [0.15, 0.2) is 5.82 Å². The van der Waals surface area contributed by atoms with E-state index in [1.165, 1.54) is 30.4 Å². The summed E-state index contributed by atoms with van der Waals surface area (Å²) in [6.45, 7) is 8.17. The predicted molar refractivity (Wildman–Crippen MR) is 154 cm³/mol. The second kappa shape index (κ2) is 12.6. The number of ether oxygens (including phenoxy) is 1. The average molecular weight is 529 g/mol. The van der Waals surface area contributed by atoms with Crippen LogP contribution in [0.2, 0.25) is 0 Å². The van der Waals surface area contributed by atoms with Crippen LogP contribution in [0.5, 0.6) is 5.75 Å². The van der Waals surface area contributed by atoms with Crippen LogP contribution >= 0.6 is 0 Å². The number of aryl methyl sites for hydroxylation is 1. The SMILES string of the molecule is CCOc1ccc2[nH]c(=O)c(CN(CCc3cccc(C)c3)[C@H](CC)c3nnnn3C3CCCCC3)cc2c1. The number of hydrogen-bond acceptors (Lipinski definition) is 6. The molecule has 8 heteroatoms. The quantitative estimate of drug-likeness (QED) is 0.260. The van der Waals surface area contributed by atoms with Crippen molar-refractivity contribution in [3.63, 3.8) is 0 Å². The summed E-state index contributed by atoms with van der Waals surface area (Å²) < 4.78 is 7.79. The van der Waals surface area contributed by atoms with Crippen molar-refractivity contribution in [2.45, 2.75) is 84.3 Å². The lowest BCUT2D eigenvalue weighted by Crippen LogP contribution is -2.35. The van der Waals surface area contributed by atoms with Gasteiger partial charge in [-0.05, 0) is 79.8 Å². The first kappa shape index (κ1) is 27.1. The lowest BCUT2D eigenvalue weighted by Gasteiger charge is -2.32. The Morgan fingerprint density at radius 3 is 2.72 bits per heavy atom. The standard InChI is InChI=1S/C31H40N6O2/c1-4-29(30-33-34-35-37(30)26-12-7-6-8-13-26)36(17-16-23-11-9-10-22(3)18-23)21-25-19-24-20-27(39-5-2)14-15-28(24)32-31(25)38/h9-11,14-15,18-20,26,29H,4-8,12-13,16-17,21H2,1-3H3,(H,32,38)/t29-/m1/s1. The Labute approximate surface area is 230 Å². The molecule has 1 aliphatic carbocycles. The van der Waals surface area contributed by atoms with Gasteiger partial charge in [0.2, 0.25) is 0 Å². The number of aromatic nitrogens is 5. The minimum Gasteiger partial charge on any atom is -0.494 e. The van der Waals surface area contributed by atoms with E-state index in [0.717, 1.165) is 60.3 Å². The van der Waals surface area contributed by atoms with E-state index >= 15 is 0 Å². The topological polar surface area (TPSA) is 88.9 Å². The molecule has 8 nitrogen and oxygen atoms in total. The first-order valence-electron chi connectivity index (χ1n) is 14.4. The van der Waals surface area contributed by atoms with Crippen LogP contribution < -0.4 is 10.3 Å². The molecular formula is C31H40N6O2. The molecule has 1 aliphatic rings. The molecule has 1 fully saturated rings. The van der Waals surface area contributed by atoms with Crippen LogP contribution in [0.15, 0.2) is 53.3 Å². The number of nitrogens with zero attached hydrogens (tertiary/aromatic N) is 5. The number of tetrazole rings is 1. The first-order chi connectivity index (χ1) is 19.1. The van der Waals surface area contributed by atoms with E-state index in [1.54, 1.807) is 0 Å². The van der Waals surface area contributed by atoms with E-state index in [-0.39, 0.29) is 11.6 Å². The minimum absolute atomic E-state index is 0.00316. The number of fused-ring (bicyclic) bond motifs is 1. The number of nitrogens with one attached hydrogen (secondary N) is 1. The number of H-pyrrole nitrogens is 1. The van der Waals surface area contributed by atoms with E-state index < -0.39 is 0 Å². The smallest absolute Gasteiger partial charge is 0.252 e. The normalized spacial score (nSPS) is 15.2. The second-order valence-corrected chi connectivity index (χ2v) is 10.7. The van der Waals surface area contributed by atoms with Crippen molar-refractivity contribution in [1.29, 1.82) is 0 Å². The zero-order chi connectivity index (χ0) is 27.2. The molecule has 2 aromatic heterocycles. The fourth-order valence-corrected chi connectivity index (χ4v) is 5.92. The Morgan fingerprint density at radius 1 is 1.10 bits per heavy atom. The molecule has 5 rings (SSSR count). The highest BCUT2D eigenvalue weighted by atomic mass is 16.5. The van der Waals surface area contributed by atoms with Crippen molar-refractivity contribution in [2.75, 3.05) is 13.2 Å². The van der Waals surface area contributed by atoms with Crippen molar-refractivity contribution in [2.24, 2.45) is 0 Å². The third-order valence-electron chi connectivity index (χ3n) is 7.91. The van der Waals surface area contributed by atoms with Gasteiger partial charge in [0.25, 0.3) is 5.56 Å². The number of aromatic amines is 1. The Kier molecular flexibility index (Phi) is 8.71. The molecule has 0 amide bonds. The van der Waals surface area contributed by atoms with Gasteiger partial charge >= 0.3 is 0 Å². The molecule has 0 bridgehead atoms. The molecule has 0 spiro atoms. The maximum Gasteiger partial charge on any atom is 0.252 e. The Hall–Kier alpha value is -3.52. The number of hydrogen-bond donors (Lipinski definition) is 1. The van der Waals surface area contributed by atoms with E-state index in [4.69, 9.17) is 4.74 Å². The van der Waals surface area contributed by atoms with Gasteiger partial charge < -0.3 is 9.72 Å². The summed E-state index contributed by atoms with van der Waals surface area (Å²) in [5.41, 5.74) is 4.02. The molecule has 2 heterocycles. The van der Waals surface area contributed by atoms with Crippen LogP contribution in [-0.2, 0) is 13.0 Å². The summed E-state index contributed by atoms with van der Waals surface area (Å²) >= 11 is 0. The van der Waals surface area contributed by atoms with Gasteiger partial charge in [0, 0.05) is 29.6 Å². The summed E-state index contributed by atoms with van der Waals surface area (Å²) in [6.07, 6.45) is 7.67. The molecule has 0 saturated heterocycles. The van der Waals surface area contributed by atoms with E-state index in [0.29, 0.717) is 19.2 Å². The largest absolute Gasteiger partial charge is 0.494 e. The molecule has 0 radical (unpaired) electrons. The zero-order valence-corrected chi connectivity index (χ0v) is 23.4. The van der Waals surface area contributed by atoms with Gasteiger partial charge in [-0.15, -0.1) is 5.10 Å². The molecule has 1 N–H and O–H groups in total. The van der Waals surface area contributed by atoms with Crippen molar-refractivity contribution in [3.05, 3.63) is 81.4 Å². The fraction of sp³-hybridized carbons (Fsp3) is 0.484. The van der Waals surface area contributed by atoms with E-state index in [2.05, 4.69) is 68.2 Å². The Bertz CT molecular complexity index is 1440. The molecule has 1 saturated carbocycles. The van der Waals surface area contributed by atoms with E-state index in [1.807, 2.05) is 31.2 Å². The van der Waals surface area contributed by atoms with Crippen molar-refractivity contribution < 1.29 is 4.74 Å². The maximum atomic E-state index is 13.3. The average Bonchev–Trinajstić information content (AvgIpc) is 3.43. The van der Waals surface area contributed by atoms with Gasteiger partial charge in [-0.3, -0.25) is 9.69 Å². The summed E-state index contributed by atoms with van der Waals surface area (Å²) in [5.74, 6) is 1.71. The van der Waals surface area contributed by atoms with Crippen LogP contribution in [0.4, 0.5) is 0 Å². The van der Waals surface area contributed by atoms with Gasteiger partial charge in [0.1, 0.15) is 5.75 Å². The van der Waals surface area contributed by atoms with Crippen LogP contribution in [0.1, 0.15) is 87.0 Å². The zero-order valence-electron chi connectivity index (χ0n) is 23.4. The maximum absolute atomic E-state index is 13.3. The van der Waals surface area contributed by atoms with Crippen LogP contribution in [0, 0.1) is 6.92 Å². The first-order valence-corrected chi connectivity index (χ1v) is 14.4. The van der Waals surface area contributed by atoms with Crippen molar-refractivity contribution >= 4 is 10.9 Å². The monoisotopic (exact) mass is 528 g/mol. The summed E-state index contributed by atoms with van der Waals surface area (Å²) in [6, 6.07) is 16.8. The fourth-order valence-electron chi connectivity index (χ4n) is 5.92. The molecule has 206 valence electrons. The summed E-state index contributed by atoms with van der Waals surface area (Å²) in [4.78, 5) is 18.7. The van der Waals surface area contributed by atoms with E-state index in [9.17, 15) is 4.79 Å². The lowest BCUT2D eigenvalue weighted by atomic mass is 9.95. The number of pyridine rings is 1. The molecule has 0 unspecified atom stereocenters. The molecule has 2 aromatic carbocycles. The number of rotatable bonds is 11. The number of benzene rings is 2. The highest BCUT2D eigenvalue weighted by Crippen LogP contribution is 2.32. The lowest BCUT2D eigenvalue weighted by molar-refractivity contribution is 0.165. The summed E-state index contributed by atoms with van der Waals surface area (Å²) in [7, 11) is 0.